The lowest BCUT2D eigenvalue weighted by Gasteiger charge is -2.32. The van der Waals surface area contributed by atoms with Gasteiger partial charge < -0.3 is 14.2 Å². The molecule has 0 radical (unpaired) electrons. The summed E-state index contributed by atoms with van der Waals surface area (Å²) in [5, 5.41) is 0. The van der Waals surface area contributed by atoms with E-state index in [-0.39, 0.29) is 12.2 Å². The normalized spacial score (nSPS) is 24.4. The molecular formula is C18H20O6. The van der Waals surface area contributed by atoms with Crippen LogP contribution in [0.2, 0.25) is 0 Å². The average Bonchev–Trinajstić information content (AvgIpc) is 2.59. The van der Waals surface area contributed by atoms with E-state index in [0.29, 0.717) is 5.75 Å². The second-order valence-electron chi connectivity index (χ2n) is 5.45. The van der Waals surface area contributed by atoms with Crippen molar-refractivity contribution in [1.29, 1.82) is 0 Å². The van der Waals surface area contributed by atoms with Gasteiger partial charge in [-0.2, -0.15) is 0 Å². The van der Waals surface area contributed by atoms with Crippen molar-refractivity contribution in [2.75, 3.05) is 21.3 Å². The number of carbonyl (C=O) groups is 3. The molecule has 0 spiro atoms. The summed E-state index contributed by atoms with van der Waals surface area (Å²) in [5.74, 6) is -1.53. The molecule has 3 atom stereocenters. The van der Waals surface area contributed by atoms with Crippen LogP contribution < -0.4 is 4.74 Å². The van der Waals surface area contributed by atoms with Crippen molar-refractivity contribution in [2.24, 2.45) is 5.92 Å². The minimum Gasteiger partial charge on any atom is -0.497 e. The summed E-state index contributed by atoms with van der Waals surface area (Å²) in [4.78, 5) is 36.5. The van der Waals surface area contributed by atoms with Crippen molar-refractivity contribution < 1.29 is 28.6 Å². The molecule has 0 saturated heterocycles. The van der Waals surface area contributed by atoms with Crippen LogP contribution in [0.5, 0.6) is 5.75 Å². The second kappa shape index (κ2) is 7.99. The predicted molar refractivity (Wildman–Crippen MR) is 86.8 cm³/mol. The van der Waals surface area contributed by atoms with Crippen LogP contribution in [0, 0.1) is 5.92 Å². The van der Waals surface area contributed by atoms with E-state index in [0.717, 1.165) is 5.56 Å². The summed E-state index contributed by atoms with van der Waals surface area (Å²) in [7, 11) is 4.29. The fourth-order valence-corrected chi connectivity index (χ4v) is 2.77. The molecule has 0 amide bonds. The largest absolute Gasteiger partial charge is 0.497 e. The molecule has 1 aliphatic carbocycles. The van der Waals surface area contributed by atoms with Crippen LogP contribution in [0.25, 0.3) is 6.08 Å². The van der Waals surface area contributed by atoms with E-state index in [1.165, 1.54) is 20.3 Å². The molecule has 1 fully saturated rings. The summed E-state index contributed by atoms with van der Waals surface area (Å²) in [6.07, 6.45) is 0.817. The molecule has 3 unspecified atom stereocenters. The first-order valence-electron chi connectivity index (χ1n) is 7.48. The van der Waals surface area contributed by atoms with Crippen LogP contribution in [-0.2, 0) is 23.9 Å². The van der Waals surface area contributed by atoms with Gasteiger partial charge in [-0.25, -0.2) is 0 Å². The predicted octanol–water partition coefficient (Wildman–Crippen LogP) is 1.47. The number of allylic oxidation sites excluding steroid dienone is 1. The van der Waals surface area contributed by atoms with E-state index in [1.54, 1.807) is 37.5 Å². The van der Waals surface area contributed by atoms with Gasteiger partial charge in [0.1, 0.15) is 23.9 Å². The van der Waals surface area contributed by atoms with E-state index in [2.05, 4.69) is 0 Å². The van der Waals surface area contributed by atoms with Crippen molar-refractivity contribution in [3.63, 3.8) is 0 Å². The van der Waals surface area contributed by atoms with E-state index < -0.39 is 29.7 Å². The molecule has 6 nitrogen and oxygen atoms in total. The van der Waals surface area contributed by atoms with Crippen molar-refractivity contribution in [2.45, 2.75) is 18.6 Å². The Bertz CT molecular complexity index is 646. The molecule has 24 heavy (non-hydrogen) atoms. The van der Waals surface area contributed by atoms with Crippen LogP contribution in [0.15, 0.2) is 30.3 Å². The molecule has 0 N–H and O–H groups in total. The minimum atomic E-state index is -1.04. The highest BCUT2D eigenvalue weighted by molar-refractivity contribution is 6.17. The van der Waals surface area contributed by atoms with Gasteiger partial charge in [0, 0.05) is 14.2 Å². The van der Waals surface area contributed by atoms with Gasteiger partial charge in [-0.05, 0) is 23.8 Å². The SMILES string of the molecule is COc1ccc(C=CC(=O)C2C(=O)CC(=O)C(OC)C2OC)cc1. The molecule has 1 aliphatic rings. The van der Waals surface area contributed by atoms with Crippen LogP contribution in [0.4, 0.5) is 0 Å². The van der Waals surface area contributed by atoms with Crippen molar-refractivity contribution in [3.8, 4) is 5.75 Å². The summed E-state index contributed by atoms with van der Waals surface area (Å²) in [6, 6.07) is 7.13. The topological polar surface area (TPSA) is 78.9 Å². The molecule has 0 bridgehead atoms. The smallest absolute Gasteiger partial charge is 0.171 e. The first-order valence-corrected chi connectivity index (χ1v) is 7.48. The highest BCUT2D eigenvalue weighted by Crippen LogP contribution is 2.25. The maximum Gasteiger partial charge on any atom is 0.171 e. The molecule has 2 rings (SSSR count). The Hall–Kier alpha value is -2.31. The Morgan fingerprint density at radius 3 is 2.25 bits per heavy atom. The Morgan fingerprint density at radius 2 is 1.71 bits per heavy atom. The van der Waals surface area contributed by atoms with Gasteiger partial charge in [-0.1, -0.05) is 18.2 Å². The van der Waals surface area contributed by atoms with Gasteiger partial charge in [-0.3, -0.25) is 14.4 Å². The zero-order chi connectivity index (χ0) is 17.7. The van der Waals surface area contributed by atoms with Gasteiger partial charge >= 0.3 is 0 Å². The summed E-state index contributed by atoms with van der Waals surface area (Å²) >= 11 is 0. The molecule has 1 aromatic carbocycles. The highest BCUT2D eigenvalue weighted by Gasteiger charge is 2.47. The fraction of sp³-hybridized carbons (Fsp3) is 0.389. The minimum absolute atomic E-state index is 0.314. The van der Waals surface area contributed by atoms with E-state index >= 15 is 0 Å². The van der Waals surface area contributed by atoms with Crippen LogP contribution in [-0.4, -0.2) is 50.9 Å². The Kier molecular flexibility index (Phi) is 6.00. The number of carbonyl (C=O) groups excluding carboxylic acids is 3. The number of rotatable bonds is 6. The molecule has 0 aromatic heterocycles. The lowest BCUT2D eigenvalue weighted by atomic mass is 9.79. The van der Waals surface area contributed by atoms with Crippen LogP contribution >= 0.6 is 0 Å². The van der Waals surface area contributed by atoms with Gasteiger partial charge in [0.15, 0.2) is 17.3 Å². The lowest BCUT2D eigenvalue weighted by Crippen LogP contribution is -2.53. The number of benzene rings is 1. The number of methoxy groups -OCH3 is 3. The molecule has 6 heteroatoms. The Morgan fingerprint density at radius 1 is 1.04 bits per heavy atom. The lowest BCUT2D eigenvalue weighted by molar-refractivity contribution is -0.158. The average molecular weight is 332 g/mol. The van der Waals surface area contributed by atoms with E-state index in [4.69, 9.17) is 14.2 Å². The first-order chi connectivity index (χ1) is 11.5. The van der Waals surface area contributed by atoms with Crippen LogP contribution in [0.3, 0.4) is 0 Å². The quantitative estimate of drug-likeness (QED) is 0.580. The van der Waals surface area contributed by atoms with Crippen molar-refractivity contribution in [3.05, 3.63) is 35.9 Å². The fourth-order valence-electron chi connectivity index (χ4n) is 2.77. The monoisotopic (exact) mass is 332 g/mol. The van der Waals surface area contributed by atoms with Gasteiger partial charge in [0.05, 0.1) is 13.5 Å². The van der Waals surface area contributed by atoms with Gasteiger partial charge in [0.2, 0.25) is 0 Å². The molecule has 0 heterocycles. The third-order valence-electron chi connectivity index (χ3n) is 4.03. The Balaban J connectivity index is 2.17. The number of ketones is 3. The third-order valence-corrected chi connectivity index (χ3v) is 4.03. The molecule has 1 aromatic rings. The zero-order valence-electron chi connectivity index (χ0n) is 13.9. The number of hydrogen-bond acceptors (Lipinski definition) is 6. The number of Topliss-reactive ketones (excluding diaryl/α,β-unsaturated/α-hetero) is 2. The molecule has 1 saturated carbocycles. The third kappa shape index (κ3) is 3.77. The first kappa shape index (κ1) is 18.0. The second-order valence-corrected chi connectivity index (χ2v) is 5.45. The summed E-state index contributed by atoms with van der Waals surface area (Å²) in [6.45, 7) is 0. The zero-order valence-corrected chi connectivity index (χ0v) is 13.9. The maximum atomic E-state index is 12.5. The summed E-state index contributed by atoms with van der Waals surface area (Å²) in [5.41, 5.74) is 0.792. The van der Waals surface area contributed by atoms with Crippen molar-refractivity contribution in [1.82, 2.24) is 0 Å². The molecule has 128 valence electrons. The Labute approximate surface area is 140 Å². The highest BCUT2D eigenvalue weighted by atomic mass is 16.5. The van der Waals surface area contributed by atoms with Crippen molar-refractivity contribution >= 4 is 23.4 Å². The van der Waals surface area contributed by atoms with E-state index in [9.17, 15) is 14.4 Å². The number of ether oxygens (including phenoxy) is 3. The molecular weight excluding hydrogens is 312 g/mol. The number of hydrogen-bond donors (Lipinski definition) is 0. The standard InChI is InChI=1S/C18H20O6/c1-22-12-7-4-11(5-8-12)6-9-13(19)16-14(20)10-15(21)17(23-2)18(16)24-3/h4-9,16-18H,10H2,1-3H3. The van der Waals surface area contributed by atoms with E-state index in [1.807, 2.05) is 0 Å². The van der Waals surface area contributed by atoms with Crippen LogP contribution in [0.1, 0.15) is 12.0 Å². The van der Waals surface area contributed by atoms with Gasteiger partial charge in [-0.15, -0.1) is 0 Å². The summed E-state index contributed by atoms with van der Waals surface area (Å²) < 4.78 is 15.4. The maximum absolute atomic E-state index is 12.5. The van der Waals surface area contributed by atoms with Gasteiger partial charge in [0.25, 0.3) is 0 Å². The molecule has 0 aliphatic heterocycles.